The number of carboxylic acid groups (broad SMARTS) is 1. The number of nitrogens with zero attached hydrogens (tertiary/aromatic N) is 1. The molecular weight excluding hydrogens is 292 g/mol. The Morgan fingerprint density at radius 2 is 1.85 bits per heavy atom. The number of benzene rings is 1. The summed E-state index contributed by atoms with van der Waals surface area (Å²) in [5, 5.41) is 8.86. The average Bonchev–Trinajstić information content (AvgIpc) is 2.35. The van der Waals surface area contributed by atoms with Gasteiger partial charge in [-0.25, -0.2) is 8.42 Å². The molecule has 0 spiro atoms. The summed E-state index contributed by atoms with van der Waals surface area (Å²) in [6, 6.07) is 4.79. The van der Waals surface area contributed by atoms with Gasteiger partial charge in [-0.15, -0.1) is 0 Å². The molecule has 1 rings (SSSR count). The largest absolute Gasteiger partial charge is 0.480 e. The van der Waals surface area contributed by atoms with Gasteiger partial charge in [0.1, 0.15) is 6.54 Å². The van der Waals surface area contributed by atoms with E-state index in [0.29, 0.717) is 0 Å². The Kier molecular flexibility index (Phi) is 5.04. The second-order valence-electron chi connectivity index (χ2n) is 4.39. The summed E-state index contributed by atoms with van der Waals surface area (Å²) in [5.41, 5.74) is -0.0369. The molecule has 1 aromatic rings. The molecule has 0 aliphatic carbocycles. The molecule has 5 nitrogen and oxygen atoms in total. The van der Waals surface area contributed by atoms with Crippen LogP contribution in [0.25, 0.3) is 0 Å². The number of para-hydroxylation sites is 1. The summed E-state index contributed by atoms with van der Waals surface area (Å²) in [5.74, 6) is -4.73. The molecule has 0 aromatic heterocycles. The third-order valence-corrected chi connectivity index (χ3v) is 4.07. The predicted octanol–water partition coefficient (Wildman–Crippen LogP) is 1.98. The molecule has 0 amide bonds. The molecule has 112 valence electrons. The van der Waals surface area contributed by atoms with Crippen LogP contribution in [0.2, 0.25) is 0 Å². The number of anilines is 1. The van der Waals surface area contributed by atoms with E-state index in [2.05, 4.69) is 0 Å². The van der Waals surface area contributed by atoms with Gasteiger partial charge in [0.15, 0.2) is 0 Å². The van der Waals surface area contributed by atoms with Crippen LogP contribution in [0.3, 0.4) is 0 Å². The first-order chi connectivity index (χ1) is 9.17. The summed E-state index contributed by atoms with van der Waals surface area (Å²) < 4.78 is 48.6. The van der Waals surface area contributed by atoms with Gasteiger partial charge in [-0.2, -0.15) is 8.78 Å². The van der Waals surface area contributed by atoms with E-state index in [1.165, 1.54) is 23.1 Å². The van der Waals surface area contributed by atoms with Crippen molar-refractivity contribution in [1.29, 1.82) is 0 Å². The summed E-state index contributed by atoms with van der Waals surface area (Å²) in [6.45, 7) is 2.82. The summed E-state index contributed by atoms with van der Waals surface area (Å²) in [6.07, 6.45) is 0. The van der Waals surface area contributed by atoms with Crippen LogP contribution >= 0.6 is 0 Å². The van der Waals surface area contributed by atoms with E-state index in [9.17, 15) is 22.0 Å². The van der Waals surface area contributed by atoms with Crippen LogP contribution in [0, 0.1) is 0 Å². The van der Waals surface area contributed by atoms with Gasteiger partial charge in [0.25, 0.3) is 0 Å². The maximum Gasteiger partial charge on any atom is 0.341 e. The number of hydrogen-bond donors (Lipinski definition) is 1. The fraction of sp³-hybridized carbons (Fsp3) is 0.417. The van der Waals surface area contributed by atoms with Crippen molar-refractivity contribution in [1.82, 2.24) is 0 Å². The molecule has 1 N–H and O–H groups in total. The van der Waals surface area contributed by atoms with Crippen molar-refractivity contribution < 1.29 is 27.1 Å². The third-order valence-electron chi connectivity index (χ3n) is 2.64. The van der Waals surface area contributed by atoms with Crippen LogP contribution in [0.1, 0.15) is 13.8 Å². The summed E-state index contributed by atoms with van der Waals surface area (Å²) >= 11 is 0. The molecule has 0 fully saturated rings. The zero-order chi connectivity index (χ0) is 15.5. The maximum atomic E-state index is 12.7. The average molecular weight is 307 g/mol. The molecule has 8 heteroatoms. The minimum atomic E-state index is -4.79. The second-order valence-corrected chi connectivity index (χ2v) is 6.27. The molecule has 0 radical (unpaired) electrons. The van der Waals surface area contributed by atoms with Crippen molar-refractivity contribution in [3.63, 3.8) is 0 Å². The van der Waals surface area contributed by atoms with Crippen molar-refractivity contribution in [2.24, 2.45) is 0 Å². The molecule has 0 unspecified atom stereocenters. The van der Waals surface area contributed by atoms with Gasteiger partial charge in [-0.1, -0.05) is 12.1 Å². The van der Waals surface area contributed by atoms with Gasteiger partial charge in [0, 0.05) is 6.04 Å². The first kappa shape index (κ1) is 16.4. The Balaban J connectivity index is 3.41. The number of halogens is 2. The fourth-order valence-electron chi connectivity index (χ4n) is 1.72. The van der Waals surface area contributed by atoms with Crippen molar-refractivity contribution in [3.05, 3.63) is 24.3 Å². The van der Waals surface area contributed by atoms with Crippen molar-refractivity contribution in [3.8, 4) is 0 Å². The SMILES string of the molecule is CC(C)N(CC(=O)O)c1ccccc1S(=O)(=O)C(F)F. The Morgan fingerprint density at radius 3 is 2.30 bits per heavy atom. The van der Waals surface area contributed by atoms with Crippen molar-refractivity contribution in [2.45, 2.75) is 30.5 Å². The zero-order valence-corrected chi connectivity index (χ0v) is 11.8. The van der Waals surface area contributed by atoms with E-state index in [1.54, 1.807) is 13.8 Å². The standard InChI is InChI=1S/C12H15F2NO4S/c1-8(2)15(7-11(16)17)9-5-3-4-6-10(9)20(18,19)12(13)14/h3-6,8,12H,7H2,1-2H3,(H,16,17). The normalized spacial score (nSPS) is 11.9. The van der Waals surface area contributed by atoms with E-state index in [4.69, 9.17) is 5.11 Å². The zero-order valence-electron chi connectivity index (χ0n) is 11.0. The van der Waals surface area contributed by atoms with Gasteiger partial charge in [-0.05, 0) is 26.0 Å². The number of aliphatic carboxylic acids is 1. The lowest BCUT2D eigenvalue weighted by Gasteiger charge is -2.28. The van der Waals surface area contributed by atoms with Crippen LogP contribution in [-0.4, -0.2) is 37.8 Å². The van der Waals surface area contributed by atoms with Crippen molar-refractivity contribution >= 4 is 21.5 Å². The Morgan fingerprint density at radius 1 is 1.30 bits per heavy atom. The monoisotopic (exact) mass is 307 g/mol. The molecule has 20 heavy (non-hydrogen) atoms. The predicted molar refractivity (Wildman–Crippen MR) is 69.7 cm³/mol. The lowest BCUT2D eigenvalue weighted by Crippen LogP contribution is -2.36. The second kappa shape index (κ2) is 6.17. The van der Waals surface area contributed by atoms with Crippen LogP contribution < -0.4 is 4.90 Å². The highest BCUT2D eigenvalue weighted by atomic mass is 32.2. The first-order valence-corrected chi connectivity index (χ1v) is 7.32. The third kappa shape index (κ3) is 3.44. The Bertz CT molecular complexity index is 587. The van der Waals surface area contributed by atoms with E-state index in [0.717, 1.165) is 6.07 Å². The number of hydrogen-bond acceptors (Lipinski definition) is 4. The molecule has 0 aliphatic heterocycles. The molecule has 1 aromatic carbocycles. The van der Waals surface area contributed by atoms with Gasteiger partial charge in [-0.3, -0.25) is 4.79 Å². The van der Waals surface area contributed by atoms with E-state index in [1.807, 2.05) is 0 Å². The molecule has 0 heterocycles. The van der Waals surface area contributed by atoms with Gasteiger partial charge < -0.3 is 10.0 Å². The fourth-order valence-corrected chi connectivity index (χ4v) is 2.66. The summed E-state index contributed by atoms with van der Waals surface area (Å²) in [4.78, 5) is 11.5. The molecule has 0 saturated heterocycles. The van der Waals surface area contributed by atoms with E-state index >= 15 is 0 Å². The highest BCUT2D eigenvalue weighted by Gasteiger charge is 2.31. The lowest BCUT2D eigenvalue weighted by atomic mass is 10.2. The van der Waals surface area contributed by atoms with E-state index in [-0.39, 0.29) is 11.7 Å². The minimum absolute atomic E-state index is 0.0369. The lowest BCUT2D eigenvalue weighted by molar-refractivity contribution is -0.135. The number of carbonyl (C=O) groups is 1. The van der Waals surface area contributed by atoms with Crippen LogP contribution in [0.4, 0.5) is 14.5 Å². The molecule has 0 atom stereocenters. The topological polar surface area (TPSA) is 74.7 Å². The molecule has 0 bridgehead atoms. The maximum absolute atomic E-state index is 12.7. The minimum Gasteiger partial charge on any atom is -0.480 e. The van der Waals surface area contributed by atoms with Crippen molar-refractivity contribution in [2.75, 3.05) is 11.4 Å². The van der Waals surface area contributed by atoms with Crippen LogP contribution in [0.15, 0.2) is 29.2 Å². The molecule has 0 saturated carbocycles. The Hall–Kier alpha value is -1.70. The number of sulfone groups is 1. The first-order valence-electron chi connectivity index (χ1n) is 5.77. The molecular formula is C12H15F2NO4S. The summed E-state index contributed by atoms with van der Waals surface area (Å²) in [7, 11) is -4.79. The Labute approximate surface area is 115 Å². The van der Waals surface area contributed by atoms with Gasteiger partial charge in [0.2, 0.25) is 9.84 Å². The van der Waals surface area contributed by atoms with Gasteiger partial charge >= 0.3 is 11.7 Å². The number of carboxylic acids is 1. The highest BCUT2D eigenvalue weighted by Crippen LogP contribution is 2.30. The molecule has 0 aliphatic rings. The smallest absolute Gasteiger partial charge is 0.341 e. The highest BCUT2D eigenvalue weighted by molar-refractivity contribution is 7.91. The quantitative estimate of drug-likeness (QED) is 0.870. The van der Waals surface area contributed by atoms with Crippen LogP contribution in [0.5, 0.6) is 0 Å². The number of alkyl halides is 2. The van der Waals surface area contributed by atoms with Crippen LogP contribution in [-0.2, 0) is 14.6 Å². The van der Waals surface area contributed by atoms with Gasteiger partial charge in [0.05, 0.1) is 10.6 Å². The van der Waals surface area contributed by atoms with E-state index < -0.39 is 33.0 Å². The number of rotatable bonds is 6.